The van der Waals surface area contributed by atoms with E-state index in [0.717, 1.165) is 0 Å². The third kappa shape index (κ3) is 12.7. The Morgan fingerprint density at radius 2 is 1.26 bits per heavy atom. The zero-order valence-corrected chi connectivity index (χ0v) is 20.6. The second kappa shape index (κ2) is 15.2. The molecule has 0 unspecified atom stereocenters. The van der Waals surface area contributed by atoms with Crippen molar-refractivity contribution < 1.29 is 35.5 Å². The lowest BCUT2D eigenvalue weighted by Gasteiger charge is -2.11. The Morgan fingerprint density at radius 3 is 1.55 bits per heavy atom. The molecular formula is C20H27Cl3FO6P. The lowest BCUT2D eigenvalue weighted by molar-refractivity contribution is 0.112. The highest BCUT2D eigenvalue weighted by Gasteiger charge is 2.14. The highest BCUT2D eigenvalue weighted by molar-refractivity contribution is 8.24. The van der Waals surface area contributed by atoms with Crippen molar-refractivity contribution in [2.75, 3.05) is 7.15 Å². The summed E-state index contributed by atoms with van der Waals surface area (Å²) in [7, 11) is -1.00. The zero-order valence-electron chi connectivity index (χ0n) is 18.4. The Morgan fingerprint density at radius 1 is 0.903 bits per heavy atom. The number of aldehydes is 1. The zero-order chi connectivity index (χ0) is 25.6. The number of halogens is 4. The molecule has 0 amide bonds. The van der Waals surface area contributed by atoms with Gasteiger partial charge in [0.1, 0.15) is 23.0 Å². The van der Waals surface area contributed by atoms with E-state index in [1.165, 1.54) is 12.1 Å². The molecule has 0 aliphatic rings. The first-order valence-electron chi connectivity index (χ1n) is 9.37. The summed E-state index contributed by atoms with van der Waals surface area (Å²) < 4.78 is 25.0. The molecule has 0 spiro atoms. The van der Waals surface area contributed by atoms with Gasteiger partial charge in [-0.3, -0.25) is 13.8 Å². The molecule has 0 radical (unpaired) electrons. The first-order chi connectivity index (χ1) is 14.6. The van der Waals surface area contributed by atoms with Crippen LogP contribution in [-0.2, 0) is 4.57 Å². The molecule has 2 rings (SSSR count). The smallest absolute Gasteiger partial charge is 0.339 e. The van der Waals surface area contributed by atoms with Crippen molar-refractivity contribution >= 4 is 45.2 Å². The number of hydrogen-bond donors (Lipinski definition) is 4. The van der Waals surface area contributed by atoms with Gasteiger partial charge < -0.3 is 20.4 Å². The molecule has 0 saturated heterocycles. The summed E-state index contributed by atoms with van der Waals surface area (Å²) in [6, 6.07) is 7.59. The summed E-state index contributed by atoms with van der Waals surface area (Å²) >= 11 is 13.8. The molecule has 0 heterocycles. The highest BCUT2D eigenvalue weighted by atomic mass is 36.0. The van der Waals surface area contributed by atoms with Gasteiger partial charge in [-0.15, -0.1) is 0 Å². The fourth-order valence-corrected chi connectivity index (χ4v) is 2.41. The minimum Gasteiger partial charge on any atom is -0.508 e. The fraction of sp³-hybridized carbons (Fsp3) is 0.350. The van der Waals surface area contributed by atoms with Crippen LogP contribution in [0.1, 0.15) is 62.4 Å². The summed E-state index contributed by atoms with van der Waals surface area (Å²) in [5, 5.41) is 34.3. The first-order valence-corrected chi connectivity index (χ1v) is 13.1. The van der Waals surface area contributed by atoms with Crippen LogP contribution >= 0.6 is 38.9 Å². The van der Waals surface area contributed by atoms with Crippen molar-refractivity contribution in [2.45, 2.75) is 39.5 Å². The molecule has 0 bridgehead atoms. The van der Waals surface area contributed by atoms with Crippen molar-refractivity contribution in [1.29, 1.82) is 0 Å². The van der Waals surface area contributed by atoms with Gasteiger partial charge in [-0.1, -0.05) is 33.8 Å². The number of rotatable bonds is 3. The molecule has 31 heavy (non-hydrogen) atoms. The number of phenols is 4. The van der Waals surface area contributed by atoms with Gasteiger partial charge in [-0.2, -0.15) is 0 Å². The van der Waals surface area contributed by atoms with E-state index in [1.54, 1.807) is 18.2 Å². The van der Waals surface area contributed by atoms with Crippen LogP contribution in [-0.4, -0.2) is 33.9 Å². The van der Waals surface area contributed by atoms with Crippen molar-refractivity contribution in [2.24, 2.45) is 0 Å². The standard InChI is InChI=1S/C10H12O3.C9H12O2.CH3F.Cl3OP/c1-6(2)9-8(12)4-3-7(5-11)10(9)13;1-6(2)9-7(10)4-3-5-8(9)11;1-2;1-5(2,3)4/h3-6,12-13H,1-2H3;3-6,10-11H,1-2H3;1H3;/i;;1D;. The lowest BCUT2D eigenvalue weighted by atomic mass is 9.98. The van der Waals surface area contributed by atoms with E-state index in [4.69, 9.17) is 1.37 Å². The van der Waals surface area contributed by atoms with E-state index in [-0.39, 0.29) is 40.4 Å². The summed E-state index contributed by atoms with van der Waals surface area (Å²) in [5.41, 5.74) is 1.25. The van der Waals surface area contributed by atoms with Gasteiger partial charge in [0.2, 0.25) is 0 Å². The average Bonchev–Trinajstić information content (AvgIpc) is 2.61. The number of carbonyl (C=O) groups excluding carboxylic acids is 1. The minimum absolute atomic E-state index is 0.0140. The summed E-state index contributed by atoms with van der Waals surface area (Å²) in [6.45, 7) is 7.52. The van der Waals surface area contributed by atoms with Crippen LogP contribution in [0.4, 0.5) is 4.39 Å². The second-order valence-corrected chi connectivity index (χ2v) is 13.1. The van der Waals surface area contributed by atoms with Crippen LogP contribution in [0.5, 0.6) is 23.0 Å². The van der Waals surface area contributed by atoms with Crippen LogP contribution < -0.4 is 0 Å². The maximum absolute atomic E-state index is 10.5. The lowest BCUT2D eigenvalue weighted by Crippen LogP contribution is -1.92. The Balaban J connectivity index is 0. The van der Waals surface area contributed by atoms with Crippen LogP contribution in [0, 0.1) is 0 Å². The normalized spacial score (nSPS) is 10.6. The van der Waals surface area contributed by atoms with Gasteiger partial charge >= 0.3 is 5.20 Å². The Bertz CT molecular complexity index is 865. The molecule has 0 fully saturated rings. The fourth-order valence-electron chi connectivity index (χ4n) is 2.41. The van der Waals surface area contributed by atoms with Crippen LogP contribution in [0.2, 0.25) is 0 Å². The average molecular weight is 521 g/mol. The van der Waals surface area contributed by atoms with Crippen LogP contribution in [0.25, 0.3) is 0 Å². The van der Waals surface area contributed by atoms with Crippen molar-refractivity contribution in [3.63, 3.8) is 0 Å². The third-order valence-electron chi connectivity index (χ3n) is 3.57. The molecule has 176 valence electrons. The maximum atomic E-state index is 10.5. The monoisotopic (exact) mass is 519 g/mol. The molecule has 0 atom stereocenters. The van der Waals surface area contributed by atoms with Crippen molar-refractivity contribution in [3.8, 4) is 23.0 Å². The molecule has 2 aromatic rings. The van der Waals surface area contributed by atoms with E-state index in [1.807, 2.05) is 27.7 Å². The van der Waals surface area contributed by atoms with Gasteiger partial charge in [0.25, 0.3) is 0 Å². The van der Waals surface area contributed by atoms with Crippen LogP contribution in [0.3, 0.4) is 0 Å². The molecule has 4 N–H and O–H groups in total. The predicted molar refractivity (Wildman–Crippen MR) is 125 cm³/mol. The van der Waals surface area contributed by atoms with Gasteiger partial charge in [-0.05, 0) is 69.8 Å². The Labute approximate surface area is 197 Å². The molecule has 0 aromatic heterocycles. The Hall–Kier alpha value is -1.66. The van der Waals surface area contributed by atoms with E-state index in [0.29, 0.717) is 17.4 Å². The number of hydrogen-bond acceptors (Lipinski definition) is 6. The highest BCUT2D eigenvalue weighted by Crippen LogP contribution is 2.61. The second-order valence-electron chi connectivity index (χ2n) is 6.47. The van der Waals surface area contributed by atoms with Gasteiger partial charge in [0.15, 0.2) is 6.29 Å². The van der Waals surface area contributed by atoms with Gasteiger partial charge in [0, 0.05) is 11.1 Å². The van der Waals surface area contributed by atoms with E-state index in [2.05, 4.69) is 33.7 Å². The van der Waals surface area contributed by atoms with Crippen molar-refractivity contribution in [1.82, 2.24) is 0 Å². The third-order valence-corrected chi connectivity index (χ3v) is 3.57. The number of alkyl halides is 1. The van der Waals surface area contributed by atoms with E-state index in [9.17, 15) is 34.2 Å². The summed E-state index contributed by atoms with van der Waals surface area (Å²) in [6.07, 6.45) is 0.570. The summed E-state index contributed by atoms with van der Waals surface area (Å²) in [4.78, 5) is 10.5. The molecule has 0 aliphatic carbocycles. The van der Waals surface area contributed by atoms with E-state index >= 15 is 0 Å². The Kier molecular flexibility index (Phi) is 14.4. The number of benzene rings is 2. The molecule has 11 heteroatoms. The number of carbonyl (C=O) groups is 1. The number of phenolic OH excluding ortho intramolecular Hbond substituents is 4. The van der Waals surface area contributed by atoms with Gasteiger partial charge in [0.05, 0.1) is 14.1 Å². The maximum Gasteiger partial charge on any atom is 0.339 e. The van der Waals surface area contributed by atoms with Gasteiger partial charge in [-0.25, -0.2) is 0 Å². The summed E-state index contributed by atoms with van der Waals surface area (Å²) in [5.74, 6) is 0.374. The largest absolute Gasteiger partial charge is 0.508 e. The van der Waals surface area contributed by atoms with Crippen molar-refractivity contribution in [3.05, 3.63) is 47.0 Å². The first kappa shape index (κ1) is 29.3. The predicted octanol–water partition coefficient (Wildman–Crippen LogP) is 7.65. The molecule has 2 aromatic carbocycles. The topological polar surface area (TPSA) is 115 Å². The molecule has 0 aliphatic heterocycles. The number of aromatic hydroxyl groups is 4. The minimum atomic E-state index is -3.22. The SMILES string of the molecule is CC(C)c1c(O)ccc(C=O)c1O.CC(C)c1c(O)cccc1O.O=P(Cl)(Cl)Cl.[2H]CF. The van der Waals surface area contributed by atoms with E-state index < -0.39 is 12.4 Å². The van der Waals surface area contributed by atoms with Crippen LogP contribution in [0.15, 0.2) is 30.3 Å². The molecule has 0 saturated carbocycles. The quantitative estimate of drug-likeness (QED) is 0.244. The molecular weight excluding hydrogens is 493 g/mol. The molecule has 6 nitrogen and oxygen atoms in total.